The van der Waals surface area contributed by atoms with Gasteiger partial charge < -0.3 is 5.73 Å². The summed E-state index contributed by atoms with van der Waals surface area (Å²) in [5, 5.41) is 0. The van der Waals surface area contributed by atoms with Crippen LogP contribution >= 0.6 is 0 Å². The van der Waals surface area contributed by atoms with Crippen LogP contribution in [0.4, 0.5) is 4.39 Å². The van der Waals surface area contributed by atoms with Crippen LogP contribution in [0.5, 0.6) is 0 Å². The molecule has 0 heterocycles. The van der Waals surface area contributed by atoms with Gasteiger partial charge in [-0.05, 0) is 62.1 Å². The van der Waals surface area contributed by atoms with Gasteiger partial charge in [-0.25, -0.2) is 4.39 Å². The van der Waals surface area contributed by atoms with Crippen LogP contribution in [0.15, 0.2) is 36.4 Å². The van der Waals surface area contributed by atoms with Crippen LogP contribution in [-0.2, 0) is 5.54 Å². The number of hydrogen-bond acceptors (Lipinski definition) is 1. The molecule has 0 aliphatic heterocycles. The summed E-state index contributed by atoms with van der Waals surface area (Å²) < 4.78 is 13.5. The summed E-state index contributed by atoms with van der Waals surface area (Å²) in [4.78, 5) is 0. The van der Waals surface area contributed by atoms with E-state index in [2.05, 4.69) is 18.2 Å². The minimum absolute atomic E-state index is 0.248. The van der Waals surface area contributed by atoms with E-state index in [1.165, 1.54) is 12.1 Å². The van der Waals surface area contributed by atoms with Crippen LogP contribution in [0, 0.1) is 26.6 Å². The van der Waals surface area contributed by atoms with Crippen molar-refractivity contribution in [1.29, 1.82) is 0 Å². The normalized spacial score (nSPS) is 14.2. The van der Waals surface area contributed by atoms with E-state index in [4.69, 9.17) is 5.73 Å². The van der Waals surface area contributed by atoms with Gasteiger partial charge in [-0.3, -0.25) is 0 Å². The van der Waals surface area contributed by atoms with Gasteiger partial charge in [0.2, 0.25) is 0 Å². The lowest BCUT2D eigenvalue weighted by Crippen LogP contribution is -2.36. The second-order valence-corrected chi connectivity index (χ2v) is 5.48. The van der Waals surface area contributed by atoms with Gasteiger partial charge in [-0.15, -0.1) is 0 Å². The summed E-state index contributed by atoms with van der Waals surface area (Å²) in [5.41, 5.74) is 11.0. The predicted octanol–water partition coefficient (Wildman–Crippen LogP) is 3.97. The Hall–Kier alpha value is -1.67. The molecule has 1 unspecified atom stereocenters. The molecule has 100 valence electrons. The lowest BCUT2D eigenvalue weighted by molar-refractivity contribution is 0.574. The number of halogens is 1. The third-order valence-corrected chi connectivity index (χ3v) is 3.71. The van der Waals surface area contributed by atoms with Gasteiger partial charge >= 0.3 is 0 Å². The average molecular weight is 257 g/mol. The van der Waals surface area contributed by atoms with Crippen LogP contribution in [0.2, 0.25) is 0 Å². The van der Waals surface area contributed by atoms with Crippen LogP contribution in [-0.4, -0.2) is 0 Å². The maximum atomic E-state index is 13.5. The first kappa shape index (κ1) is 13.8. The molecule has 0 bridgehead atoms. The second kappa shape index (κ2) is 4.78. The Labute approximate surface area is 114 Å². The highest BCUT2D eigenvalue weighted by Crippen LogP contribution is 2.32. The molecule has 0 saturated heterocycles. The number of nitrogens with two attached hydrogens (primary N) is 1. The molecule has 2 heteroatoms. The molecule has 1 nitrogen and oxygen atoms in total. The molecule has 0 aromatic heterocycles. The summed E-state index contributed by atoms with van der Waals surface area (Å²) in [6.07, 6.45) is 0. The molecule has 0 radical (unpaired) electrons. The molecule has 0 fully saturated rings. The first-order valence-corrected chi connectivity index (χ1v) is 6.45. The molecule has 2 N–H and O–H groups in total. The average Bonchev–Trinajstić information content (AvgIpc) is 2.35. The Bertz CT molecular complexity index is 561. The van der Waals surface area contributed by atoms with Crippen molar-refractivity contribution in [2.75, 3.05) is 0 Å². The minimum Gasteiger partial charge on any atom is -0.318 e. The standard InChI is InChI=1S/C17H20FN/c1-11-5-6-12(2)15(9-11)17(4,19)16-10-14(18)8-7-13(16)3/h5-10H,19H2,1-4H3. The molecular formula is C17H20FN. The molecule has 1 atom stereocenters. The van der Waals surface area contributed by atoms with Crippen molar-refractivity contribution in [2.45, 2.75) is 33.2 Å². The topological polar surface area (TPSA) is 26.0 Å². The maximum absolute atomic E-state index is 13.5. The smallest absolute Gasteiger partial charge is 0.123 e. The summed E-state index contributed by atoms with van der Waals surface area (Å²) in [5.74, 6) is -0.248. The zero-order valence-corrected chi connectivity index (χ0v) is 11.9. The van der Waals surface area contributed by atoms with E-state index < -0.39 is 5.54 Å². The second-order valence-electron chi connectivity index (χ2n) is 5.48. The number of aryl methyl sites for hydroxylation is 3. The van der Waals surface area contributed by atoms with Gasteiger partial charge in [0, 0.05) is 0 Å². The highest BCUT2D eigenvalue weighted by Gasteiger charge is 2.27. The molecular weight excluding hydrogens is 237 g/mol. The Morgan fingerprint density at radius 3 is 2.05 bits per heavy atom. The number of hydrogen-bond donors (Lipinski definition) is 1. The van der Waals surface area contributed by atoms with Gasteiger partial charge in [0.1, 0.15) is 5.82 Å². The van der Waals surface area contributed by atoms with Crippen molar-refractivity contribution >= 4 is 0 Å². The van der Waals surface area contributed by atoms with Gasteiger partial charge in [0.25, 0.3) is 0 Å². The van der Waals surface area contributed by atoms with Crippen LogP contribution in [0.1, 0.15) is 34.7 Å². The molecule has 0 saturated carbocycles. The van der Waals surface area contributed by atoms with E-state index in [9.17, 15) is 4.39 Å². The predicted molar refractivity (Wildman–Crippen MR) is 77.7 cm³/mol. The summed E-state index contributed by atoms with van der Waals surface area (Å²) in [6.45, 7) is 7.98. The van der Waals surface area contributed by atoms with Crippen molar-refractivity contribution in [3.63, 3.8) is 0 Å². The Morgan fingerprint density at radius 2 is 1.42 bits per heavy atom. The highest BCUT2D eigenvalue weighted by molar-refractivity contribution is 5.45. The first-order valence-electron chi connectivity index (χ1n) is 6.45. The van der Waals surface area contributed by atoms with E-state index in [-0.39, 0.29) is 5.82 Å². The van der Waals surface area contributed by atoms with Gasteiger partial charge in [0.15, 0.2) is 0 Å². The summed E-state index contributed by atoms with van der Waals surface area (Å²) >= 11 is 0. The van der Waals surface area contributed by atoms with Crippen molar-refractivity contribution < 1.29 is 4.39 Å². The highest BCUT2D eigenvalue weighted by atomic mass is 19.1. The Balaban J connectivity index is 2.64. The fraction of sp³-hybridized carbons (Fsp3) is 0.294. The molecule has 2 rings (SSSR count). The van der Waals surface area contributed by atoms with Crippen LogP contribution in [0.3, 0.4) is 0 Å². The van der Waals surface area contributed by atoms with E-state index in [1.807, 2.05) is 27.7 Å². The Morgan fingerprint density at radius 1 is 0.895 bits per heavy atom. The minimum atomic E-state index is -0.692. The summed E-state index contributed by atoms with van der Waals surface area (Å²) in [6, 6.07) is 11.0. The molecule has 0 aliphatic carbocycles. The fourth-order valence-electron chi connectivity index (χ4n) is 2.59. The summed E-state index contributed by atoms with van der Waals surface area (Å²) in [7, 11) is 0. The molecule has 0 aliphatic rings. The van der Waals surface area contributed by atoms with Gasteiger partial charge in [0.05, 0.1) is 5.54 Å². The lowest BCUT2D eigenvalue weighted by Gasteiger charge is -2.29. The van der Waals surface area contributed by atoms with Crippen molar-refractivity contribution in [2.24, 2.45) is 5.73 Å². The monoisotopic (exact) mass is 257 g/mol. The number of rotatable bonds is 2. The van der Waals surface area contributed by atoms with E-state index in [0.717, 1.165) is 27.8 Å². The third kappa shape index (κ3) is 2.54. The van der Waals surface area contributed by atoms with Crippen molar-refractivity contribution in [3.05, 3.63) is 70.0 Å². The molecule has 0 amide bonds. The molecule has 2 aromatic rings. The van der Waals surface area contributed by atoms with Crippen molar-refractivity contribution in [1.82, 2.24) is 0 Å². The zero-order chi connectivity index (χ0) is 14.2. The zero-order valence-electron chi connectivity index (χ0n) is 11.9. The van der Waals surface area contributed by atoms with Crippen molar-refractivity contribution in [3.8, 4) is 0 Å². The first-order chi connectivity index (χ1) is 8.82. The van der Waals surface area contributed by atoms with Gasteiger partial charge in [-0.1, -0.05) is 29.8 Å². The SMILES string of the molecule is Cc1ccc(C)c(C(C)(N)c2cc(F)ccc2C)c1. The van der Waals surface area contributed by atoms with Gasteiger partial charge in [-0.2, -0.15) is 0 Å². The van der Waals surface area contributed by atoms with Crippen LogP contribution in [0.25, 0.3) is 0 Å². The van der Waals surface area contributed by atoms with E-state index in [0.29, 0.717) is 0 Å². The largest absolute Gasteiger partial charge is 0.318 e. The number of benzene rings is 2. The maximum Gasteiger partial charge on any atom is 0.123 e. The van der Waals surface area contributed by atoms with Crippen LogP contribution < -0.4 is 5.73 Å². The lowest BCUT2D eigenvalue weighted by atomic mass is 9.80. The van der Waals surface area contributed by atoms with E-state index in [1.54, 1.807) is 6.07 Å². The van der Waals surface area contributed by atoms with E-state index >= 15 is 0 Å². The molecule has 19 heavy (non-hydrogen) atoms. The molecule has 0 spiro atoms. The fourth-order valence-corrected chi connectivity index (χ4v) is 2.59. The molecule has 2 aromatic carbocycles. The third-order valence-electron chi connectivity index (χ3n) is 3.71. The quantitative estimate of drug-likeness (QED) is 0.865. The Kier molecular flexibility index (Phi) is 3.46.